The second-order valence-corrected chi connectivity index (χ2v) is 7.46. The highest BCUT2D eigenvalue weighted by atomic mass is 32.2. The van der Waals surface area contributed by atoms with Crippen LogP contribution in [0.15, 0.2) is 23.1 Å². The van der Waals surface area contributed by atoms with E-state index in [2.05, 4.69) is 0 Å². The van der Waals surface area contributed by atoms with Crippen LogP contribution < -0.4 is 0 Å². The molecule has 4 nitrogen and oxygen atoms in total. The third-order valence-electron chi connectivity index (χ3n) is 4.36. The Labute approximate surface area is 111 Å². The van der Waals surface area contributed by atoms with Gasteiger partial charge in [0, 0.05) is 19.2 Å². The average molecular weight is 285 g/mol. The normalized spacial score (nSPS) is 22.6. The van der Waals surface area contributed by atoms with E-state index in [1.165, 1.54) is 4.31 Å². The largest absolute Gasteiger partial charge is 0.506 e. The Hall–Kier alpha value is -1.14. The number of benzene rings is 1. The summed E-state index contributed by atoms with van der Waals surface area (Å²) in [4.78, 5) is -0.203. The number of hydrogen-bond acceptors (Lipinski definition) is 3. The van der Waals surface area contributed by atoms with Gasteiger partial charge in [-0.15, -0.1) is 0 Å². The number of nitrogens with zero attached hydrogens (tertiary/aromatic N) is 1. The third kappa shape index (κ3) is 2.03. The molecule has 0 atom stereocenters. The van der Waals surface area contributed by atoms with E-state index in [1.807, 2.05) is 0 Å². The van der Waals surface area contributed by atoms with Gasteiger partial charge in [-0.3, -0.25) is 0 Å². The van der Waals surface area contributed by atoms with E-state index in [4.69, 9.17) is 0 Å². The first kappa shape index (κ1) is 12.9. The molecule has 6 heteroatoms. The van der Waals surface area contributed by atoms with E-state index in [1.54, 1.807) is 0 Å². The van der Waals surface area contributed by atoms with Gasteiger partial charge in [0.2, 0.25) is 10.0 Å². The summed E-state index contributed by atoms with van der Waals surface area (Å²) in [6, 6.07) is 3.02. The third-order valence-corrected chi connectivity index (χ3v) is 6.25. The molecule has 1 N–H and O–H groups in total. The number of sulfonamides is 1. The van der Waals surface area contributed by atoms with Crippen LogP contribution >= 0.6 is 0 Å². The Morgan fingerprint density at radius 3 is 2.53 bits per heavy atom. The number of phenols is 1. The van der Waals surface area contributed by atoms with Gasteiger partial charge in [0.25, 0.3) is 0 Å². The van der Waals surface area contributed by atoms with E-state index in [0.29, 0.717) is 13.1 Å². The predicted octanol–water partition coefficient (Wildman–Crippen LogP) is 2.10. The maximum atomic E-state index is 12.9. The SMILES string of the molecule is O=S(=O)(c1ccc(F)cc1O)N1CCC2(CCC2)C1. The van der Waals surface area contributed by atoms with Gasteiger partial charge in [-0.2, -0.15) is 4.31 Å². The molecule has 3 rings (SSSR count). The molecule has 1 aromatic rings. The van der Waals surface area contributed by atoms with E-state index >= 15 is 0 Å². The smallest absolute Gasteiger partial charge is 0.246 e. The summed E-state index contributed by atoms with van der Waals surface area (Å²) in [6.45, 7) is 1.01. The van der Waals surface area contributed by atoms with Gasteiger partial charge < -0.3 is 5.11 Å². The first-order valence-electron chi connectivity index (χ1n) is 6.42. The zero-order valence-electron chi connectivity index (χ0n) is 10.5. The number of rotatable bonds is 2. The van der Waals surface area contributed by atoms with E-state index < -0.39 is 21.6 Å². The summed E-state index contributed by atoms with van der Waals surface area (Å²) in [6.07, 6.45) is 4.20. The fourth-order valence-corrected chi connectivity index (χ4v) is 4.65. The predicted molar refractivity (Wildman–Crippen MR) is 67.7 cm³/mol. The summed E-state index contributed by atoms with van der Waals surface area (Å²) in [5.41, 5.74) is 0.155. The zero-order valence-corrected chi connectivity index (χ0v) is 11.3. The van der Waals surface area contributed by atoms with Crippen LogP contribution in [0.1, 0.15) is 25.7 Å². The van der Waals surface area contributed by atoms with Crippen LogP contribution in [0.25, 0.3) is 0 Å². The van der Waals surface area contributed by atoms with Crippen molar-refractivity contribution in [3.8, 4) is 5.75 Å². The van der Waals surface area contributed by atoms with Crippen LogP contribution in [-0.4, -0.2) is 30.9 Å². The second-order valence-electron chi connectivity index (χ2n) is 5.55. The van der Waals surface area contributed by atoms with Crippen molar-refractivity contribution in [2.75, 3.05) is 13.1 Å². The minimum atomic E-state index is -3.72. The Morgan fingerprint density at radius 1 is 1.26 bits per heavy atom. The molecule has 1 aliphatic heterocycles. The summed E-state index contributed by atoms with van der Waals surface area (Å²) < 4.78 is 39.2. The lowest BCUT2D eigenvalue weighted by Crippen LogP contribution is -2.35. The van der Waals surface area contributed by atoms with Crippen molar-refractivity contribution in [1.29, 1.82) is 0 Å². The first-order valence-corrected chi connectivity index (χ1v) is 7.86. The van der Waals surface area contributed by atoms with Crippen molar-refractivity contribution in [2.24, 2.45) is 5.41 Å². The molecular weight excluding hydrogens is 269 g/mol. The van der Waals surface area contributed by atoms with Crippen molar-refractivity contribution in [2.45, 2.75) is 30.6 Å². The highest BCUT2D eigenvalue weighted by molar-refractivity contribution is 7.89. The molecule has 1 saturated carbocycles. The number of phenolic OH excluding ortho intramolecular Hbond substituents is 1. The highest BCUT2D eigenvalue weighted by Crippen LogP contribution is 2.49. The summed E-state index contributed by atoms with van der Waals surface area (Å²) in [5, 5.41) is 9.64. The maximum absolute atomic E-state index is 12.9. The molecule has 1 heterocycles. The summed E-state index contributed by atoms with van der Waals surface area (Å²) in [5.74, 6) is -1.16. The van der Waals surface area contributed by atoms with Crippen LogP contribution in [0, 0.1) is 11.2 Å². The molecular formula is C13H16FNO3S. The molecule has 2 fully saturated rings. The fourth-order valence-electron chi connectivity index (χ4n) is 3.03. The van der Waals surface area contributed by atoms with Crippen LogP contribution in [0.4, 0.5) is 4.39 Å². The molecule has 1 spiro atoms. The minimum Gasteiger partial charge on any atom is -0.506 e. The van der Waals surface area contributed by atoms with Crippen molar-refractivity contribution in [3.05, 3.63) is 24.0 Å². The standard InChI is InChI=1S/C13H16FNO3S/c14-10-2-3-12(11(16)8-10)19(17,18)15-7-6-13(9-15)4-1-5-13/h2-3,8,16H,1,4-7,9H2. The van der Waals surface area contributed by atoms with Crippen molar-refractivity contribution >= 4 is 10.0 Å². The van der Waals surface area contributed by atoms with E-state index in [9.17, 15) is 17.9 Å². The number of halogens is 1. The Bertz CT molecular complexity index is 610. The molecule has 19 heavy (non-hydrogen) atoms. The summed E-state index contributed by atoms with van der Waals surface area (Å²) in [7, 11) is -3.72. The zero-order chi connectivity index (χ0) is 13.7. The lowest BCUT2D eigenvalue weighted by Gasteiger charge is -2.38. The van der Waals surface area contributed by atoms with Crippen LogP contribution in [0.2, 0.25) is 0 Å². The molecule has 0 amide bonds. The quantitative estimate of drug-likeness (QED) is 0.905. The highest BCUT2D eigenvalue weighted by Gasteiger charge is 2.46. The molecule has 1 aliphatic carbocycles. The molecule has 0 unspecified atom stereocenters. The Morgan fingerprint density at radius 2 is 2.00 bits per heavy atom. The van der Waals surface area contributed by atoms with Gasteiger partial charge in [0.15, 0.2) is 0 Å². The fraction of sp³-hybridized carbons (Fsp3) is 0.538. The van der Waals surface area contributed by atoms with Gasteiger partial charge in [0.1, 0.15) is 16.5 Å². The van der Waals surface area contributed by atoms with Gasteiger partial charge in [-0.25, -0.2) is 12.8 Å². The molecule has 1 aromatic carbocycles. The van der Waals surface area contributed by atoms with E-state index in [0.717, 1.165) is 43.9 Å². The maximum Gasteiger partial charge on any atom is 0.246 e. The molecule has 1 saturated heterocycles. The molecule has 0 bridgehead atoms. The lowest BCUT2D eigenvalue weighted by molar-refractivity contribution is 0.153. The van der Waals surface area contributed by atoms with Crippen molar-refractivity contribution in [1.82, 2.24) is 4.31 Å². The monoisotopic (exact) mass is 285 g/mol. The van der Waals surface area contributed by atoms with Crippen LogP contribution in [-0.2, 0) is 10.0 Å². The van der Waals surface area contributed by atoms with Gasteiger partial charge in [-0.1, -0.05) is 6.42 Å². The van der Waals surface area contributed by atoms with Crippen molar-refractivity contribution < 1.29 is 17.9 Å². The topological polar surface area (TPSA) is 57.6 Å². The lowest BCUT2D eigenvalue weighted by atomic mass is 9.68. The van der Waals surface area contributed by atoms with Crippen LogP contribution in [0.5, 0.6) is 5.75 Å². The van der Waals surface area contributed by atoms with Crippen molar-refractivity contribution in [3.63, 3.8) is 0 Å². The molecule has 0 aromatic heterocycles. The van der Waals surface area contributed by atoms with Gasteiger partial charge in [0.05, 0.1) is 0 Å². The second kappa shape index (κ2) is 4.18. The van der Waals surface area contributed by atoms with E-state index in [-0.39, 0.29) is 10.3 Å². The molecule has 0 radical (unpaired) electrons. The summed E-state index contributed by atoms with van der Waals surface area (Å²) >= 11 is 0. The Kier molecular flexibility index (Phi) is 2.83. The molecule has 104 valence electrons. The van der Waals surface area contributed by atoms with Crippen LogP contribution in [0.3, 0.4) is 0 Å². The molecule has 2 aliphatic rings. The average Bonchev–Trinajstić information content (AvgIpc) is 2.73. The Balaban J connectivity index is 1.90. The number of hydrogen-bond donors (Lipinski definition) is 1. The number of aromatic hydroxyl groups is 1. The van der Waals surface area contributed by atoms with Gasteiger partial charge in [-0.05, 0) is 36.8 Å². The minimum absolute atomic E-state index is 0.155. The first-order chi connectivity index (χ1) is 8.93. The van der Waals surface area contributed by atoms with Gasteiger partial charge >= 0.3 is 0 Å².